The summed E-state index contributed by atoms with van der Waals surface area (Å²) in [5, 5.41) is 0. The molecule has 2 atom stereocenters. The van der Waals surface area contributed by atoms with Crippen molar-refractivity contribution in [2.24, 2.45) is 0 Å². The molecule has 0 bridgehead atoms. The monoisotopic (exact) mass is 237 g/mol. The highest BCUT2D eigenvalue weighted by Gasteiger charge is 2.32. The highest BCUT2D eigenvalue weighted by molar-refractivity contribution is 5.15. The highest BCUT2D eigenvalue weighted by Crippen LogP contribution is 2.30. The van der Waals surface area contributed by atoms with E-state index in [1.54, 1.807) is 0 Å². The van der Waals surface area contributed by atoms with Gasteiger partial charge in [-0.1, -0.05) is 25.7 Å². The maximum Gasteiger partial charge on any atom is 0.125 e. The maximum atomic E-state index is 4.34. The summed E-state index contributed by atoms with van der Waals surface area (Å²) in [6, 6.07) is 0.988. The largest absolute Gasteiger partial charge is 0.364 e. The number of likely N-dealkylation sites (N-methyl/N-ethyl adjacent to an activating group) is 1. The van der Waals surface area contributed by atoms with Gasteiger partial charge in [-0.25, -0.2) is 0 Å². The van der Waals surface area contributed by atoms with Crippen LogP contribution in [0.2, 0.25) is 0 Å². The van der Waals surface area contributed by atoms with Crippen molar-refractivity contribution in [3.63, 3.8) is 0 Å². The summed E-state index contributed by atoms with van der Waals surface area (Å²) >= 11 is 0. The van der Waals surface area contributed by atoms with Crippen LogP contribution in [0, 0.1) is 0 Å². The average molecular weight is 237 g/mol. The summed E-state index contributed by atoms with van der Waals surface area (Å²) in [4.78, 5) is 2.49. The molecule has 0 saturated carbocycles. The van der Waals surface area contributed by atoms with E-state index in [9.17, 15) is 0 Å². The minimum absolute atomic E-state index is 0.459. The van der Waals surface area contributed by atoms with Crippen LogP contribution in [0.3, 0.4) is 0 Å². The van der Waals surface area contributed by atoms with Gasteiger partial charge in [0.05, 0.1) is 26.8 Å². The Morgan fingerprint density at radius 3 is 2.41 bits per heavy atom. The number of likely N-dealkylation sites (tertiary alicyclic amines) is 1. The van der Waals surface area contributed by atoms with Gasteiger partial charge in [0, 0.05) is 12.6 Å². The van der Waals surface area contributed by atoms with Crippen LogP contribution >= 0.6 is 0 Å². The predicted molar refractivity (Wildman–Crippen MR) is 75.8 cm³/mol. The fourth-order valence-corrected chi connectivity index (χ4v) is 2.46. The standard InChI is InChI=1S/C15H29N2/c1-8-12(2)15-10-9-11-16(15)13(3)14(4)17(5,6)7/h14-15H,2-3,8-11H2,1,4-7H3/q+1. The van der Waals surface area contributed by atoms with Crippen LogP contribution in [-0.4, -0.2) is 49.2 Å². The van der Waals surface area contributed by atoms with Gasteiger partial charge in [-0.2, -0.15) is 0 Å². The van der Waals surface area contributed by atoms with Crippen molar-refractivity contribution in [3.05, 3.63) is 24.4 Å². The molecular weight excluding hydrogens is 208 g/mol. The second-order valence-electron chi connectivity index (χ2n) is 6.15. The molecule has 2 nitrogen and oxygen atoms in total. The zero-order chi connectivity index (χ0) is 13.2. The van der Waals surface area contributed by atoms with Gasteiger partial charge in [-0.3, -0.25) is 0 Å². The lowest BCUT2D eigenvalue weighted by Gasteiger charge is -2.39. The number of quaternary nitrogens is 1. The van der Waals surface area contributed by atoms with Gasteiger partial charge in [-0.15, -0.1) is 0 Å². The van der Waals surface area contributed by atoms with E-state index in [1.807, 2.05) is 0 Å². The first-order valence-electron chi connectivity index (χ1n) is 6.73. The Labute approximate surface area is 107 Å². The van der Waals surface area contributed by atoms with Crippen molar-refractivity contribution in [1.82, 2.24) is 4.90 Å². The maximum absolute atomic E-state index is 4.34. The molecule has 1 rings (SSSR count). The molecule has 0 spiro atoms. The lowest BCUT2D eigenvalue weighted by molar-refractivity contribution is -0.889. The second-order valence-corrected chi connectivity index (χ2v) is 6.15. The normalized spacial score (nSPS) is 22.6. The van der Waals surface area contributed by atoms with Crippen LogP contribution in [0.5, 0.6) is 0 Å². The van der Waals surface area contributed by atoms with Gasteiger partial charge in [0.1, 0.15) is 6.04 Å². The molecule has 98 valence electrons. The van der Waals surface area contributed by atoms with E-state index in [2.05, 4.69) is 53.0 Å². The third-order valence-corrected chi connectivity index (χ3v) is 4.19. The molecule has 1 aliphatic heterocycles. The van der Waals surface area contributed by atoms with Crippen LogP contribution in [-0.2, 0) is 0 Å². The summed E-state index contributed by atoms with van der Waals surface area (Å²) in [5.74, 6) is 0. The summed E-state index contributed by atoms with van der Waals surface area (Å²) in [5.41, 5.74) is 2.63. The molecule has 1 fully saturated rings. The van der Waals surface area contributed by atoms with Crippen LogP contribution in [0.25, 0.3) is 0 Å². The fraction of sp³-hybridized carbons (Fsp3) is 0.733. The van der Waals surface area contributed by atoms with Crippen molar-refractivity contribution in [3.8, 4) is 0 Å². The molecule has 1 aliphatic rings. The van der Waals surface area contributed by atoms with E-state index < -0.39 is 0 Å². The van der Waals surface area contributed by atoms with Crippen molar-refractivity contribution in [2.75, 3.05) is 27.7 Å². The number of hydrogen-bond acceptors (Lipinski definition) is 1. The second kappa shape index (κ2) is 5.26. The molecule has 2 heteroatoms. The van der Waals surface area contributed by atoms with E-state index >= 15 is 0 Å². The van der Waals surface area contributed by atoms with Crippen LogP contribution in [0.1, 0.15) is 33.1 Å². The molecule has 17 heavy (non-hydrogen) atoms. The summed E-state index contributed by atoms with van der Waals surface area (Å²) in [6.45, 7) is 14.2. The lowest BCUT2D eigenvalue weighted by atomic mass is 10.0. The Balaban J connectivity index is 2.78. The smallest absolute Gasteiger partial charge is 0.125 e. The zero-order valence-electron chi connectivity index (χ0n) is 12.3. The van der Waals surface area contributed by atoms with E-state index in [0.29, 0.717) is 12.1 Å². The van der Waals surface area contributed by atoms with E-state index in [0.717, 1.165) is 17.4 Å². The number of hydrogen-bond donors (Lipinski definition) is 0. The van der Waals surface area contributed by atoms with E-state index in [1.165, 1.54) is 24.1 Å². The Bertz CT molecular complexity index is 299. The van der Waals surface area contributed by atoms with Gasteiger partial charge in [0.2, 0.25) is 0 Å². The summed E-state index contributed by atoms with van der Waals surface area (Å²) in [6.07, 6.45) is 3.59. The van der Waals surface area contributed by atoms with Gasteiger partial charge >= 0.3 is 0 Å². The van der Waals surface area contributed by atoms with Gasteiger partial charge in [0.15, 0.2) is 0 Å². The van der Waals surface area contributed by atoms with Crippen molar-refractivity contribution < 1.29 is 4.48 Å². The first kappa shape index (κ1) is 14.3. The molecule has 1 heterocycles. The molecule has 0 aliphatic carbocycles. The van der Waals surface area contributed by atoms with Crippen molar-refractivity contribution >= 4 is 0 Å². The van der Waals surface area contributed by atoms with E-state index in [-0.39, 0.29) is 0 Å². The van der Waals surface area contributed by atoms with Crippen molar-refractivity contribution in [2.45, 2.75) is 45.2 Å². The number of nitrogens with zero attached hydrogens (tertiary/aromatic N) is 2. The molecule has 0 aromatic heterocycles. The average Bonchev–Trinajstić information content (AvgIpc) is 2.73. The quantitative estimate of drug-likeness (QED) is 0.525. The molecular formula is C15H29N2+. The molecule has 0 aromatic carbocycles. The minimum Gasteiger partial charge on any atom is -0.364 e. The zero-order valence-corrected chi connectivity index (χ0v) is 12.3. The third-order valence-electron chi connectivity index (χ3n) is 4.19. The third kappa shape index (κ3) is 3.12. The van der Waals surface area contributed by atoms with Crippen LogP contribution in [0.4, 0.5) is 0 Å². The Hall–Kier alpha value is -0.760. The van der Waals surface area contributed by atoms with Gasteiger partial charge in [-0.05, 0) is 26.2 Å². The molecule has 2 unspecified atom stereocenters. The molecule has 0 aromatic rings. The Morgan fingerprint density at radius 1 is 1.35 bits per heavy atom. The first-order valence-corrected chi connectivity index (χ1v) is 6.73. The highest BCUT2D eigenvalue weighted by atomic mass is 15.3. The van der Waals surface area contributed by atoms with Crippen LogP contribution < -0.4 is 0 Å². The van der Waals surface area contributed by atoms with Crippen molar-refractivity contribution in [1.29, 1.82) is 0 Å². The predicted octanol–water partition coefficient (Wildman–Crippen LogP) is 3.03. The van der Waals surface area contributed by atoms with E-state index in [4.69, 9.17) is 0 Å². The number of rotatable bonds is 5. The first-order chi connectivity index (χ1) is 7.79. The fourth-order valence-electron chi connectivity index (χ4n) is 2.46. The topological polar surface area (TPSA) is 3.24 Å². The molecule has 0 N–H and O–H groups in total. The molecule has 0 amide bonds. The summed E-state index contributed by atoms with van der Waals surface area (Å²) < 4.78 is 0.931. The molecule has 0 radical (unpaired) electrons. The van der Waals surface area contributed by atoms with Gasteiger partial charge in [0.25, 0.3) is 0 Å². The van der Waals surface area contributed by atoms with Crippen LogP contribution in [0.15, 0.2) is 24.4 Å². The SMILES string of the molecule is C=C(CC)C1CCCN1C(=C)C(C)[N+](C)(C)C. The van der Waals surface area contributed by atoms with Gasteiger partial charge < -0.3 is 9.38 Å². The Kier molecular flexibility index (Phi) is 4.42. The lowest BCUT2D eigenvalue weighted by Crippen LogP contribution is -2.48. The molecule has 1 saturated heterocycles. The Morgan fingerprint density at radius 2 is 1.94 bits per heavy atom. The minimum atomic E-state index is 0.459. The summed E-state index contributed by atoms with van der Waals surface area (Å²) in [7, 11) is 6.70.